The molecule has 3 nitrogen and oxygen atoms in total. The van der Waals surface area contributed by atoms with Gasteiger partial charge in [0.1, 0.15) is 0 Å². The lowest BCUT2D eigenvalue weighted by molar-refractivity contribution is 0.0696. The molecule has 0 radical (unpaired) electrons. The number of carbonyl (C=O) groups is 1. The molecule has 0 atom stereocenters. The van der Waals surface area contributed by atoms with Crippen LogP contribution in [0.3, 0.4) is 0 Å². The molecule has 0 amide bonds. The molecule has 1 aromatic rings. The molecule has 0 heterocycles. The van der Waals surface area contributed by atoms with E-state index in [1.165, 1.54) is 12.1 Å². The minimum Gasteiger partial charge on any atom is -0.478 e. The fourth-order valence-corrected chi connectivity index (χ4v) is 0.865. The van der Waals surface area contributed by atoms with Crippen molar-refractivity contribution in [3.8, 4) is 12.3 Å². The molecule has 1 rings (SSSR count). The maximum atomic E-state index is 10.6. The van der Waals surface area contributed by atoms with E-state index in [2.05, 4.69) is 5.92 Å². The predicted octanol–water partition coefficient (Wildman–Crippen LogP) is 0.948. The Bertz CT molecular complexity index is 363. The molecule has 0 saturated carbocycles. The minimum atomic E-state index is -1.06. The van der Waals surface area contributed by atoms with Crippen LogP contribution in [0.4, 0.5) is 5.69 Å². The van der Waals surface area contributed by atoms with Crippen molar-refractivity contribution < 1.29 is 9.90 Å². The van der Waals surface area contributed by atoms with Gasteiger partial charge in [0.05, 0.1) is 5.56 Å². The first-order valence-electron chi connectivity index (χ1n) is 3.24. The van der Waals surface area contributed by atoms with Crippen LogP contribution >= 0.6 is 0 Å². The van der Waals surface area contributed by atoms with E-state index in [0.29, 0.717) is 11.3 Å². The summed E-state index contributed by atoms with van der Waals surface area (Å²) in [6.45, 7) is 0. The van der Waals surface area contributed by atoms with Crippen molar-refractivity contribution in [1.29, 1.82) is 0 Å². The van der Waals surface area contributed by atoms with Gasteiger partial charge in [-0.15, -0.1) is 6.42 Å². The van der Waals surface area contributed by atoms with E-state index in [4.69, 9.17) is 17.3 Å². The normalized spacial score (nSPS) is 8.92. The fourth-order valence-electron chi connectivity index (χ4n) is 0.865. The lowest BCUT2D eigenvalue weighted by atomic mass is 10.1. The number of carboxylic acids is 1. The highest BCUT2D eigenvalue weighted by Gasteiger charge is 2.07. The smallest absolute Gasteiger partial charge is 0.337 e. The molecule has 3 N–H and O–H groups in total. The van der Waals surface area contributed by atoms with Gasteiger partial charge < -0.3 is 10.8 Å². The van der Waals surface area contributed by atoms with Crippen LogP contribution in [0.1, 0.15) is 15.9 Å². The van der Waals surface area contributed by atoms with Crippen LogP contribution < -0.4 is 5.73 Å². The Labute approximate surface area is 69.8 Å². The third-order valence-electron chi connectivity index (χ3n) is 1.43. The van der Waals surface area contributed by atoms with E-state index in [1.807, 2.05) is 0 Å². The van der Waals surface area contributed by atoms with Crippen LogP contribution in [-0.2, 0) is 0 Å². The van der Waals surface area contributed by atoms with Crippen LogP contribution in [0.5, 0.6) is 0 Å². The van der Waals surface area contributed by atoms with Gasteiger partial charge in [-0.1, -0.05) is 5.92 Å². The second-order valence-corrected chi connectivity index (χ2v) is 2.25. The summed E-state index contributed by atoms with van der Waals surface area (Å²) in [6.07, 6.45) is 5.08. The number of benzene rings is 1. The van der Waals surface area contributed by atoms with Crippen LogP contribution in [-0.4, -0.2) is 11.1 Å². The SMILES string of the molecule is C#Cc1ccc(N)cc1C(=O)O. The third-order valence-corrected chi connectivity index (χ3v) is 1.43. The lowest BCUT2D eigenvalue weighted by Crippen LogP contribution is -2.01. The van der Waals surface area contributed by atoms with Gasteiger partial charge >= 0.3 is 5.97 Å². The van der Waals surface area contributed by atoms with Crippen molar-refractivity contribution in [3.63, 3.8) is 0 Å². The molecule has 0 aliphatic carbocycles. The van der Waals surface area contributed by atoms with Crippen LogP contribution in [0.15, 0.2) is 18.2 Å². The van der Waals surface area contributed by atoms with Crippen molar-refractivity contribution in [1.82, 2.24) is 0 Å². The average molecular weight is 161 g/mol. The molecule has 0 bridgehead atoms. The summed E-state index contributed by atoms with van der Waals surface area (Å²) in [4.78, 5) is 10.6. The number of anilines is 1. The van der Waals surface area contributed by atoms with Crippen LogP contribution in [0.25, 0.3) is 0 Å². The van der Waals surface area contributed by atoms with Gasteiger partial charge in [-0.25, -0.2) is 4.79 Å². The summed E-state index contributed by atoms with van der Waals surface area (Å²) in [5, 5.41) is 8.67. The largest absolute Gasteiger partial charge is 0.478 e. The molecule has 0 aliphatic rings. The molecule has 0 spiro atoms. The first-order chi connectivity index (χ1) is 5.65. The molecule has 12 heavy (non-hydrogen) atoms. The minimum absolute atomic E-state index is 0.0671. The highest BCUT2D eigenvalue weighted by molar-refractivity contribution is 5.91. The number of carboxylic acid groups (broad SMARTS) is 1. The zero-order valence-electron chi connectivity index (χ0n) is 6.24. The standard InChI is InChI=1S/C9H7NO2/c1-2-6-3-4-7(10)5-8(6)9(11)12/h1,3-5H,10H2,(H,11,12). The maximum Gasteiger partial charge on any atom is 0.337 e. The molecule has 60 valence electrons. The van der Waals surface area contributed by atoms with Gasteiger partial charge in [0, 0.05) is 11.3 Å². The number of hydrogen-bond donors (Lipinski definition) is 2. The maximum absolute atomic E-state index is 10.6. The van der Waals surface area contributed by atoms with Crippen molar-refractivity contribution in [2.45, 2.75) is 0 Å². The zero-order valence-corrected chi connectivity index (χ0v) is 6.24. The Kier molecular flexibility index (Phi) is 2.02. The molecule has 0 saturated heterocycles. The number of hydrogen-bond acceptors (Lipinski definition) is 2. The van der Waals surface area contributed by atoms with E-state index >= 15 is 0 Å². The van der Waals surface area contributed by atoms with Crippen molar-refractivity contribution in [2.75, 3.05) is 5.73 Å². The first kappa shape index (κ1) is 8.15. The van der Waals surface area contributed by atoms with E-state index < -0.39 is 5.97 Å². The highest BCUT2D eigenvalue weighted by atomic mass is 16.4. The third kappa shape index (κ3) is 1.38. The number of rotatable bonds is 1. The summed E-state index contributed by atoms with van der Waals surface area (Å²) in [6, 6.07) is 4.43. The lowest BCUT2D eigenvalue weighted by Gasteiger charge is -1.99. The summed E-state index contributed by atoms with van der Waals surface area (Å²) < 4.78 is 0. The van der Waals surface area contributed by atoms with Gasteiger partial charge in [0.15, 0.2) is 0 Å². The van der Waals surface area contributed by atoms with E-state index in [1.54, 1.807) is 6.07 Å². The number of aromatic carboxylic acids is 1. The monoisotopic (exact) mass is 161 g/mol. The Morgan fingerprint density at radius 2 is 2.25 bits per heavy atom. The summed E-state index contributed by atoms with van der Waals surface area (Å²) in [5.74, 6) is 1.21. The van der Waals surface area contributed by atoms with E-state index in [-0.39, 0.29) is 5.56 Å². The van der Waals surface area contributed by atoms with E-state index in [9.17, 15) is 4.79 Å². The molecule has 3 heteroatoms. The molecule has 1 aromatic carbocycles. The highest BCUT2D eigenvalue weighted by Crippen LogP contribution is 2.12. The molecular weight excluding hydrogens is 154 g/mol. The Morgan fingerprint density at radius 3 is 2.75 bits per heavy atom. The zero-order chi connectivity index (χ0) is 9.14. The van der Waals surface area contributed by atoms with Crippen molar-refractivity contribution in [3.05, 3.63) is 29.3 Å². The Hall–Kier alpha value is -1.95. The number of terminal acetylenes is 1. The summed E-state index contributed by atoms with van der Waals surface area (Å²) in [7, 11) is 0. The molecule has 0 fully saturated rings. The first-order valence-corrected chi connectivity index (χ1v) is 3.24. The number of nitrogen functional groups attached to an aromatic ring is 1. The van der Waals surface area contributed by atoms with Gasteiger partial charge in [0.25, 0.3) is 0 Å². The van der Waals surface area contributed by atoms with Gasteiger partial charge in [-0.05, 0) is 18.2 Å². The van der Waals surface area contributed by atoms with Crippen molar-refractivity contribution >= 4 is 11.7 Å². The van der Waals surface area contributed by atoms with Gasteiger partial charge in [-0.3, -0.25) is 0 Å². The second-order valence-electron chi connectivity index (χ2n) is 2.25. The predicted molar refractivity (Wildman–Crippen MR) is 45.7 cm³/mol. The molecule has 0 aliphatic heterocycles. The van der Waals surface area contributed by atoms with E-state index in [0.717, 1.165) is 0 Å². The molecular formula is C9H7NO2. The topological polar surface area (TPSA) is 63.3 Å². The Morgan fingerprint density at radius 1 is 1.58 bits per heavy atom. The van der Waals surface area contributed by atoms with Crippen LogP contribution in [0, 0.1) is 12.3 Å². The Balaban J connectivity index is 3.34. The molecule has 0 aromatic heterocycles. The quantitative estimate of drug-likeness (QED) is 0.476. The molecule has 0 unspecified atom stereocenters. The van der Waals surface area contributed by atoms with Gasteiger partial charge in [-0.2, -0.15) is 0 Å². The fraction of sp³-hybridized carbons (Fsp3) is 0. The second kappa shape index (κ2) is 2.97. The average Bonchev–Trinajstić information content (AvgIpc) is 2.04. The van der Waals surface area contributed by atoms with Crippen LogP contribution in [0.2, 0.25) is 0 Å². The summed E-state index contributed by atoms with van der Waals surface area (Å²) in [5.41, 5.74) is 6.19. The number of nitrogens with two attached hydrogens (primary N) is 1. The summed E-state index contributed by atoms with van der Waals surface area (Å²) >= 11 is 0. The van der Waals surface area contributed by atoms with Crippen molar-refractivity contribution in [2.24, 2.45) is 0 Å². The van der Waals surface area contributed by atoms with Gasteiger partial charge in [0.2, 0.25) is 0 Å².